The lowest BCUT2D eigenvalue weighted by molar-refractivity contribution is -0.141. The van der Waals surface area contributed by atoms with Crippen molar-refractivity contribution in [3.63, 3.8) is 0 Å². The molecule has 1 aliphatic rings. The Morgan fingerprint density at radius 3 is 2.45 bits per heavy atom. The second-order valence-corrected chi connectivity index (χ2v) is 7.90. The van der Waals surface area contributed by atoms with Gasteiger partial charge in [0.15, 0.2) is 12.3 Å². The Kier molecular flexibility index (Phi) is 6.85. The third-order valence-corrected chi connectivity index (χ3v) is 5.55. The van der Waals surface area contributed by atoms with Gasteiger partial charge in [0.1, 0.15) is 0 Å². The Morgan fingerprint density at radius 2 is 1.79 bits per heavy atom. The van der Waals surface area contributed by atoms with Crippen LogP contribution in [0.4, 0.5) is 13.2 Å². The highest BCUT2D eigenvalue weighted by Crippen LogP contribution is 2.33. The fraction of sp³-hybridized carbons (Fsp3) is 0.318. The van der Waals surface area contributed by atoms with E-state index in [0.717, 1.165) is 16.4 Å². The molecule has 174 valence electrons. The summed E-state index contributed by atoms with van der Waals surface area (Å²) in [4.78, 5) is 20.8. The third-order valence-electron chi connectivity index (χ3n) is 5.23. The first-order valence-electron chi connectivity index (χ1n) is 10.3. The second-order valence-electron chi connectivity index (χ2n) is 7.50. The summed E-state index contributed by atoms with van der Waals surface area (Å²) in [5.41, 5.74) is 0.0437. The molecule has 1 saturated heterocycles. The van der Waals surface area contributed by atoms with Crippen LogP contribution in [0, 0.1) is 0 Å². The van der Waals surface area contributed by atoms with Gasteiger partial charge in [0.25, 0.3) is 5.91 Å². The van der Waals surface area contributed by atoms with Crippen molar-refractivity contribution in [2.24, 2.45) is 0 Å². The molecule has 0 unspecified atom stereocenters. The summed E-state index contributed by atoms with van der Waals surface area (Å²) in [7, 11) is 0. The van der Waals surface area contributed by atoms with Crippen LogP contribution in [0.2, 0.25) is 5.02 Å². The molecule has 7 nitrogen and oxygen atoms in total. The van der Waals surface area contributed by atoms with Crippen LogP contribution in [0.25, 0.3) is 5.69 Å². The molecule has 3 heterocycles. The number of carbonyl (C=O) groups is 1. The highest BCUT2D eigenvalue weighted by atomic mass is 35.5. The monoisotopic (exact) mass is 479 g/mol. The number of benzene rings is 1. The number of para-hydroxylation sites is 1. The Bertz CT molecular complexity index is 1100. The first-order valence-corrected chi connectivity index (χ1v) is 10.6. The maximum atomic E-state index is 13.2. The minimum atomic E-state index is -4.67. The molecule has 0 aliphatic carbocycles. The highest BCUT2D eigenvalue weighted by Gasteiger charge is 2.36. The van der Waals surface area contributed by atoms with E-state index in [1.165, 1.54) is 12.1 Å². The molecule has 0 N–H and O–H groups in total. The van der Waals surface area contributed by atoms with Crippen LogP contribution in [0.5, 0.6) is 5.88 Å². The maximum absolute atomic E-state index is 13.2. The Labute approximate surface area is 193 Å². The second kappa shape index (κ2) is 9.80. The van der Waals surface area contributed by atoms with Gasteiger partial charge in [-0.2, -0.15) is 23.0 Å². The molecule has 4 rings (SSSR count). The lowest BCUT2D eigenvalue weighted by Gasteiger charge is -2.34. The molecule has 1 aliphatic heterocycles. The van der Waals surface area contributed by atoms with Crippen molar-refractivity contribution in [3.8, 4) is 11.6 Å². The van der Waals surface area contributed by atoms with Crippen LogP contribution in [0.3, 0.4) is 0 Å². The zero-order valence-corrected chi connectivity index (χ0v) is 18.3. The van der Waals surface area contributed by atoms with Crippen LogP contribution in [-0.4, -0.2) is 63.3 Å². The van der Waals surface area contributed by atoms with Gasteiger partial charge in [-0.25, -0.2) is 0 Å². The molecule has 1 amide bonds. The smallest absolute Gasteiger partial charge is 0.435 e. The summed E-state index contributed by atoms with van der Waals surface area (Å²) in [6.07, 6.45) is -2.93. The largest absolute Gasteiger partial charge is 0.467 e. The number of rotatable bonds is 6. The number of pyridine rings is 1. The summed E-state index contributed by atoms with van der Waals surface area (Å²) in [6.45, 7) is 2.60. The van der Waals surface area contributed by atoms with Crippen LogP contribution in [-0.2, 0) is 17.5 Å². The van der Waals surface area contributed by atoms with Crippen LogP contribution in [0.1, 0.15) is 11.4 Å². The van der Waals surface area contributed by atoms with Gasteiger partial charge < -0.3 is 9.64 Å². The first-order chi connectivity index (χ1) is 15.8. The zero-order chi connectivity index (χ0) is 23.4. The Hall–Kier alpha value is -3.11. The fourth-order valence-corrected chi connectivity index (χ4v) is 3.72. The molecular formula is C22H21ClF3N5O2. The highest BCUT2D eigenvalue weighted by molar-refractivity contribution is 6.32. The number of amides is 1. The van der Waals surface area contributed by atoms with Crippen molar-refractivity contribution >= 4 is 17.5 Å². The molecule has 33 heavy (non-hydrogen) atoms. The Balaban J connectivity index is 1.39. The minimum absolute atomic E-state index is 0.203. The zero-order valence-electron chi connectivity index (χ0n) is 17.5. The molecule has 0 spiro atoms. The van der Waals surface area contributed by atoms with Gasteiger partial charge in [0.2, 0.25) is 5.88 Å². The number of ether oxygens (including phenoxy) is 1. The number of nitrogens with zero attached hydrogens (tertiary/aromatic N) is 5. The summed E-state index contributed by atoms with van der Waals surface area (Å²) in [6, 6.07) is 12.8. The lowest BCUT2D eigenvalue weighted by atomic mass is 10.2. The number of halogens is 4. The molecule has 0 bridgehead atoms. The lowest BCUT2D eigenvalue weighted by Crippen LogP contribution is -2.49. The summed E-state index contributed by atoms with van der Waals surface area (Å²) >= 11 is 6.13. The molecule has 3 aromatic rings. The normalized spacial score (nSPS) is 15.0. The van der Waals surface area contributed by atoms with E-state index in [9.17, 15) is 18.0 Å². The maximum Gasteiger partial charge on any atom is 0.435 e. The fourth-order valence-electron chi connectivity index (χ4n) is 3.50. The topological polar surface area (TPSA) is 63.5 Å². The standard InChI is InChI=1S/C22H21ClF3N5O2/c23-17-6-1-2-7-18(17)31-21(13-19(28-31)22(24,25)26)33-15-20(32)30-11-9-29(10-12-30)14-16-5-3-4-8-27-16/h1-8,13H,9-12,14-15H2. The van der Waals surface area contributed by atoms with Crippen LogP contribution < -0.4 is 4.74 Å². The average Bonchev–Trinajstić information content (AvgIpc) is 3.24. The van der Waals surface area contributed by atoms with Crippen LogP contribution >= 0.6 is 11.6 Å². The van der Waals surface area contributed by atoms with E-state index >= 15 is 0 Å². The number of carbonyl (C=O) groups excluding carboxylic acids is 1. The van der Waals surface area contributed by atoms with E-state index in [1.807, 2.05) is 18.2 Å². The van der Waals surface area contributed by atoms with Crippen molar-refractivity contribution in [1.29, 1.82) is 0 Å². The molecule has 0 saturated carbocycles. The predicted molar refractivity (Wildman–Crippen MR) is 115 cm³/mol. The molecule has 1 fully saturated rings. The van der Waals surface area contributed by atoms with E-state index in [1.54, 1.807) is 23.2 Å². The number of hydrogen-bond acceptors (Lipinski definition) is 5. The third kappa shape index (κ3) is 5.63. The minimum Gasteiger partial charge on any atom is -0.467 e. The van der Waals surface area contributed by atoms with Gasteiger partial charge in [-0.1, -0.05) is 29.8 Å². The van der Waals surface area contributed by atoms with Gasteiger partial charge >= 0.3 is 6.18 Å². The van der Waals surface area contributed by atoms with Crippen LogP contribution in [0.15, 0.2) is 54.7 Å². The molecule has 11 heteroatoms. The number of hydrogen-bond donors (Lipinski definition) is 0. The summed E-state index contributed by atoms with van der Waals surface area (Å²) < 4.78 is 46.1. The van der Waals surface area contributed by atoms with Gasteiger partial charge in [-0.3, -0.25) is 14.7 Å². The number of alkyl halides is 3. The number of piperazine rings is 1. The first kappa shape index (κ1) is 23.1. The van der Waals surface area contributed by atoms with Gasteiger partial charge in [0.05, 0.1) is 16.4 Å². The van der Waals surface area contributed by atoms with Gasteiger partial charge in [0, 0.05) is 45.0 Å². The molecule has 0 radical (unpaired) electrons. The van der Waals surface area contributed by atoms with E-state index in [0.29, 0.717) is 32.7 Å². The SMILES string of the molecule is O=C(COc1cc(C(F)(F)F)nn1-c1ccccc1Cl)N1CCN(Cc2ccccn2)CC1. The van der Waals surface area contributed by atoms with Crippen molar-refractivity contribution in [3.05, 3.63) is 71.1 Å². The number of aromatic nitrogens is 3. The van der Waals surface area contributed by atoms with E-state index in [4.69, 9.17) is 16.3 Å². The van der Waals surface area contributed by atoms with Gasteiger partial charge in [-0.05, 0) is 24.3 Å². The van der Waals surface area contributed by atoms with Crippen molar-refractivity contribution < 1.29 is 22.7 Å². The molecular weight excluding hydrogens is 459 g/mol. The molecule has 0 atom stereocenters. The van der Waals surface area contributed by atoms with E-state index in [2.05, 4.69) is 15.0 Å². The van der Waals surface area contributed by atoms with Crippen molar-refractivity contribution in [2.45, 2.75) is 12.7 Å². The van der Waals surface area contributed by atoms with Crippen molar-refractivity contribution in [1.82, 2.24) is 24.6 Å². The average molecular weight is 480 g/mol. The van der Waals surface area contributed by atoms with Crippen molar-refractivity contribution in [2.75, 3.05) is 32.8 Å². The molecule has 2 aromatic heterocycles. The van der Waals surface area contributed by atoms with E-state index < -0.39 is 18.5 Å². The van der Waals surface area contributed by atoms with Gasteiger partial charge in [-0.15, -0.1) is 0 Å². The quantitative estimate of drug-likeness (QED) is 0.540. The Morgan fingerprint density at radius 1 is 1.06 bits per heavy atom. The predicted octanol–water partition coefficient (Wildman–Crippen LogP) is 3.66. The molecule has 1 aromatic carbocycles. The van der Waals surface area contributed by atoms with E-state index in [-0.39, 0.29) is 22.5 Å². The summed E-state index contributed by atoms with van der Waals surface area (Å²) in [5, 5.41) is 3.80. The summed E-state index contributed by atoms with van der Waals surface area (Å²) in [5.74, 6) is -0.523.